The monoisotopic (exact) mass is 186 g/mol. The Kier molecular flexibility index (Phi) is 6.59. The highest BCUT2D eigenvalue weighted by atomic mass is 16.1. The summed E-state index contributed by atoms with van der Waals surface area (Å²) in [6, 6.07) is 0.311. The Morgan fingerprint density at radius 1 is 1.31 bits per heavy atom. The maximum Gasteiger partial charge on any atom is 0.234 e. The van der Waals surface area contributed by atoms with Crippen molar-refractivity contribution < 1.29 is 4.79 Å². The molecule has 0 aliphatic rings. The number of carbonyl (C=O) groups is 1. The van der Waals surface area contributed by atoms with Gasteiger partial charge in [0.1, 0.15) is 0 Å². The lowest BCUT2D eigenvalue weighted by molar-refractivity contribution is -0.121. The van der Waals surface area contributed by atoms with Gasteiger partial charge >= 0.3 is 0 Å². The standard InChI is InChI=1S/C10H22N2O/c1-5-9(8(3)4)12-10(13)7-11-6-2/h8-9,11H,5-7H2,1-4H3,(H,12,13). The molecule has 13 heavy (non-hydrogen) atoms. The molecule has 0 radical (unpaired) electrons. The second-order valence-corrected chi connectivity index (χ2v) is 3.61. The molecule has 0 spiro atoms. The van der Waals surface area contributed by atoms with Crippen LogP contribution in [-0.2, 0) is 4.79 Å². The van der Waals surface area contributed by atoms with Crippen LogP contribution in [0.1, 0.15) is 34.1 Å². The molecular formula is C10H22N2O. The summed E-state index contributed by atoms with van der Waals surface area (Å²) in [5.41, 5.74) is 0. The van der Waals surface area contributed by atoms with E-state index in [-0.39, 0.29) is 5.91 Å². The molecule has 1 atom stereocenters. The average molecular weight is 186 g/mol. The lowest BCUT2D eigenvalue weighted by Crippen LogP contribution is -2.42. The second-order valence-electron chi connectivity index (χ2n) is 3.61. The van der Waals surface area contributed by atoms with Crippen LogP contribution < -0.4 is 10.6 Å². The first-order chi connectivity index (χ1) is 6.11. The predicted molar refractivity (Wildman–Crippen MR) is 55.6 cm³/mol. The van der Waals surface area contributed by atoms with Crippen LogP contribution in [0.15, 0.2) is 0 Å². The van der Waals surface area contributed by atoms with Gasteiger partial charge in [-0.2, -0.15) is 0 Å². The predicted octanol–water partition coefficient (Wildman–Crippen LogP) is 1.15. The van der Waals surface area contributed by atoms with Crippen LogP contribution in [0.4, 0.5) is 0 Å². The molecule has 3 heteroatoms. The molecule has 0 bridgehead atoms. The van der Waals surface area contributed by atoms with E-state index >= 15 is 0 Å². The summed E-state index contributed by atoms with van der Waals surface area (Å²) >= 11 is 0. The fraction of sp³-hybridized carbons (Fsp3) is 0.900. The van der Waals surface area contributed by atoms with E-state index in [4.69, 9.17) is 0 Å². The smallest absolute Gasteiger partial charge is 0.234 e. The highest BCUT2D eigenvalue weighted by Gasteiger charge is 2.12. The molecular weight excluding hydrogens is 164 g/mol. The minimum atomic E-state index is 0.0994. The van der Waals surface area contributed by atoms with Crippen molar-refractivity contribution in [1.82, 2.24) is 10.6 Å². The summed E-state index contributed by atoms with van der Waals surface area (Å²) in [6.45, 7) is 9.61. The van der Waals surface area contributed by atoms with Crippen LogP contribution in [-0.4, -0.2) is 25.0 Å². The average Bonchev–Trinajstić information content (AvgIpc) is 2.10. The van der Waals surface area contributed by atoms with Crippen molar-refractivity contribution in [3.05, 3.63) is 0 Å². The van der Waals surface area contributed by atoms with Crippen molar-refractivity contribution >= 4 is 5.91 Å². The van der Waals surface area contributed by atoms with Gasteiger partial charge in [0, 0.05) is 6.04 Å². The largest absolute Gasteiger partial charge is 0.352 e. The molecule has 0 aliphatic heterocycles. The first-order valence-electron chi connectivity index (χ1n) is 5.11. The fourth-order valence-corrected chi connectivity index (χ4v) is 1.24. The maximum absolute atomic E-state index is 11.3. The highest BCUT2D eigenvalue weighted by Crippen LogP contribution is 2.04. The van der Waals surface area contributed by atoms with Gasteiger partial charge in [-0.05, 0) is 18.9 Å². The molecule has 0 heterocycles. The Labute approximate surface area is 81.3 Å². The highest BCUT2D eigenvalue weighted by molar-refractivity contribution is 5.78. The Hall–Kier alpha value is -0.570. The van der Waals surface area contributed by atoms with E-state index in [9.17, 15) is 4.79 Å². The van der Waals surface area contributed by atoms with E-state index in [0.717, 1.165) is 13.0 Å². The summed E-state index contributed by atoms with van der Waals surface area (Å²) in [4.78, 5) is 11.3. The van der Waals surface area contributed by atoms with Crippen molar-refractivity contribution in [3.63, 3.8) is 0 Å². The van der Waals surface area contributed by atoms with E-state index in [1.165, 1.54) is 0 Å². The Morgan fingerprint density at radius 3 is 2.31 bits per heavy atom. The number of nitrogens with one attached hydrogen (secondary N) is 2. The van der Waals surface area contributed by atoms with E-state index in [2.05, 4.69) is 31.4 Å². The minimum Gasteiger partial charge on any atom is -0.352 e. The molecule has 78 valence electrons. The second kappa shape index (κ2) is 6.89. The zero-order valence-electron chi connectivity index (χ0n) is 9.18. The molecule has 1 amide bonds. The van der Waals surface area contributed by atoms with Crippen LogP contribution >= 0.6 is 0 Å². The maximum atomic E-state index is 11.3. The Balaban J connectivity index is 3.73. The molecule has 0 aromatic rings. The molecule has 0 aromatic heterocycles. The van der Waals surface area contributed by atoms with Gasteiger partial charge in [0.05, 0.1) is 6.54 Å². The number of hydrogen-bond donors (Lipinski definition) is 2. The number of carbonyl (C=O) groups excluding carboxylic acids is 1. The SMILES string of the molecule is CCNCC(=O)NC(CC)C(C)C. The van der Waals surface area contributed by atoms with Crippen LogP contribution in [0.2, 0.25) is 0 Å². The lowest BCUT2D eigenvalue weighted by Gasteiger charge is -2.20. The Bertz CT molecular complexity index is 146. The molecule has 0 saturated heterocycles. The van der Waals surface area contributed by atoms with Crippen molar-refractivity contribution in [2.24, 2.45) is 5.92 Å². The van der Waals surface area contributed by atoms with E-state index in [1.54, 1.807) is 0 Å². The number of hydrogen-bond acceptors (Lipinski definition) is 2. The van der Waals surface area contributed by atoms with Crippen molar-refractivity contribution in [2.75, 3.05) is 13.1 Å². The van der Waals surface area contributed by atoms with Crippen molar-refractivity contribution in [2.45, 2.75) is 40.2 Å². The number of rotatable bonds is 6. The molecule has 0 aromatic carbocycles. The molecule has 0 aliphatic carbocycles. The molecule has 1 unspecified atom stereocenters. The van der Waals surface area contributed by atoms with Gasteiger partial charge in [0.15, 0.2) is 0 Å². The first-order valence-corrected chi connectivity index (χ1v) is 5.11. The molecule has 0 fully saturated rings. The van der Waals surface area contributed by atoms with Gasteiger partial charge in [-0.25, -0.2) is 0 Å². The third-order valence-electron chi connectivity index (χ3n) is 2.13. The zero-order valence-corrected chi connectivity index (χ0v) is 9.18. The van der Waals surface area contributed by atoms with Gasteiger partial charge in [-0.1, -0.05) is 27.7 Å². The van der Waals surface area contributed by atoms with Crippen LogP contribution in [0.5, 0.6) is 0 Å². The van der Waals surface area contributed by atoms with Gasteiger partial charge in [-0.15, -0.1) is 0 Å². The summed E-state index contributed by atoms with van der Waals surface area (Å²) < 4.78 is 0. The molecule has 3 nitrogen and oxygen atoms in total. The molecule has 2 N–H and O–H groups in total. The van der Waals surface area contributed by atoms with E-state index < -0.39 is 0 Å². The zero-order chi connectivity index (χ0) is 10.3. The first kappa shape index (κ1) is 12.4. The minimum absolute atomic E-state index is 0.0994. The van der Waals surface area contributed by atoms with E-state index in [1.807, 2.05) is 6.92 Å². The van der Waals surface area contributed by atoms with Crippen molar-refractivity contribution in [3.8, 4) is 0 Å². The topological polar surface area (TPSA) is 41.1 Å². The third kappa shape index (κ3) is 5.64. The van der Waals surface area contributed by atoms with Crippen molar-refractivity contribution in [1.29, 1.82) is 0 Å². The summed E-state index contributed by atoms with van der Waals surface area (Å²) in [6.07, 6.45) is 0.996. The van der Waals surface area contributed by atoms with Gasteiger partial charge < -0.3 is 10.6 Å². The van der Waals surface area contributed by atoms with E-state index in [0.29, 0.717) is 18.5 Å². The number of amides is 1. The normalized spacial score (nSPS) is 13.0. The van der Waals surface area contributed by atoms with Gasteiger partial charge in [0.2, 0.25) is 5.91 Å². The molecule has 0 rings (SSSR count). The lowest BCUT2D eigenvalue weighted by atomic mass is 10.0. The summed E-state index contributed by atoms with van der Waals surface area (Å²) in [5, 5.41) is 6.00. The van der Waals surface area contributed by atoms with Crippen LogP contribution in [0.25, 0.3) is 0 Å². The molecule has 0 saturated carbocycles. The summed E-state index contributed by atoms with van der Waals surface area (Å²) in [5.74, 6) is 0.609. The van der Waals surface area contributed by atoms with Gasteiger partial charge in [0.25, 0.3) is 0 Å². The third-order valence-corrected chi connectivity index (χ3v) is 2.13. The quantitative estimate of drug-likeness (QED) is 0.653. The summed E-state index contributed by atoms with van der Waals surface area (Å²) in [7, 11) is 0. The van der Waals surface area contributed by atoms with Gasteiger partial charge in [-0.3, -0.25) is 4.79 Å². The fourth-order valence-electron chi connectivity index (χ4n) is 1.24. The van der Waals surface area contributed by atoms with Crippen LogP contribution in [0.3, 0.4) is 0 Å². The van der Waals surface area contributed by atoms with Crippen LogP contribution in [0, 0.1) is 5.92 Å². The number of likely N-dealkylation sites (N-methyl/N-ethyl adjacent to an activating group) is 1. The Morgan fingerprint density at radius 2 is 1.92 bits per heavy atom.